The van der Waals surface area contributed by atoms with Crippen LogP contribution in [0.4, 0.5) is 4.39 Å². The summed E-state index contributed by atoms with van der Waals surface area (Å²) in [5, 5.41) is 16.1. The molecule has 1 aromatic carbocycles. The van der Waals surface area contributed by atoms with Crippen LogP contribution < -0.4 is 10.6 Å². The minimum absolute atomic E-state index is 0.0697. The fourth-order valence-corrected chi connectivity index (χ4v) is 5.96. The topological polar surface area (TPSA) is 83.1 Å². The van der Waals surface area contributed by atoms with Crippen molar-refractivity contribution in [2.45, 2.75) is 89.4 Å². The molecule has 1 saturated heterocycles. The van der Waals surface area contributed by atoms with E-state index < -0.39 is 6.17 Å². The van der Waals surface area contributed by atoms with Crippen molar-refractivity contribution in [2.75, 3.05) is 46.7 Å². The van der Waals surface area contributed by atoms with Crippen LogP contribution in [0.15, 0.2) is 24.3 Å². The molecule has 1 aliphatic carbocycles. The van der Waals surface area contributed by atoms with Gasteiger partial charge >= 0.3 is 0 Å². The number of aromatic hydroxyl groups is 1. The molecule has 3 rings (SSSR count). The molecule has 0 aromatic heterocycles. The minimum Gasteiger partial charge on any atom is -0.508 e. The number of halogens is 1. The molecule has 1 aromatic rings. The van der Waals surface area contributed by atoms with Gasteiger partial charge in [-0.1, -0.05) is 25.5 Å². The molecule has 0 spiro atoms. The number of phenolic OH excluding ortho intramolecular Hbond substituents is 1. The summed E-state index contributed by atoms with van der Waals surface area (Å²) in [4.78, 5) is 16.2. The Balaban J connectivity index is 1.66. The van der Waals surface area contributed by atoms with E-state index in [9.17, 15) is 14.3 Å². The number of rotatable bonds is 16. The fourth-order valence-electron chi connectivity index (χ4n) is 5.96. The summed E-state index contributed by atoms with van der Waals surface area (Å²) in [7, 11) is 1.95. The van der Waals surface area contributed by atoms with Gasteiger partial charge in [-0.15, -0.1) is 0 Å². The number of ether oxygens (including phenoxy) is 2. The quantitative estimate of drug-likeness (QED) is 0.215. The Morgan fingerprint density at radius 2 is 1.87 bits per heavy atom. The Kier molecular flexibility index (Phi) is 13.8. The number of nitrogens with zero attached hydrogens (tertiary/aromatic N) is 1. The lowest BCUT2D eigenvalue weighted by atomic mass is 9.87. The third kappa shape index (κ3) is 10.1. The van der Waals surface area contributed by atoms with E-state index in [0.717, 1.165) is 57.9 Å². The first-order valence-corrected chi connectivity index (χ1v) is 14.8. The molecule has 2 aliphatic rings. The predicted molar refractivity (Wildman–Crippen MR) is 149 cm³/mol. The van der Waals surface area contributed by atoms with Gasteiger partial charge < -0.3 is 25.2 Å². The number of benzene rings is 1. The maximum Gasteiger partial charge on any atom is 0.237 e. The van der Waals surface area contributed by atoms with Gasteiger partial charge in [0, 0.05) is 32.4 Å². The van der Waals surface area contributed by atoms with Gasteiger partial charge in [-0.2, -0.15) is 0 Å². The number of nitrogens with one attached hydrogen (secondary N) is 2. The van der Waals surface area contributed by atoms with Crippen molar-refractivity contribution in [3.8, 4) is 5.75 Å². The van der Waals surface area contributed by atoms with Gasteiger partial charge in [0.2, 0.25) is 5.91 Å². The second-order valence-electron chi connectivity index (χ2n) is 11.1. The van der Waals surface area contributed by atoms with Crippen LogP contribution in [0.25, 0.3) is 0 Å². The molecular weight excluding hydrogens is 485 g/mol. The van der Waals surface area contributed by atoms with E-state index in [4.69, 9.17) is 9.47 Å². The van der Waals surface area contributed by atoms with Crippen LogP contribution in [0.1, 0.15) is 70.3 Å². The average molecular weight is 536 g/mol. The number of hydrogen-bond donors (Lipinski definition) is 3. The van der Waals surface area contributed by atoms with Crippen LogP contribution in [-0.4, -0.2) is 80.9 Å². The van der Waals surface area contributed by atoms with E-state index >= 15 is 0 Å². The summed E-state index contributed by atoms with van der Waals surface area (Å²) < 4.78 is 25.5. The standard InChI is InChI=1S/C30H50FN3O4/c1-3-5-25(21-32-2)29(30(36)33-20-24-7-11-26(31)12-8-24)34(27-15-18-37-19-16-27)22-38-17-4-6-23-9-13-28(35)14-10-23/h9-10,13-14,24-27,29,32,35H,3-8,11-12,15-22H2,1-2H3,(H,33,36). The van der Waals surface area contributed by atoms with Crippen molar-refractivity contribution in [2.24, 2.45) is 11.8 Å². The summed E-state index contributed by atoms with van der Waals surface area (Å²) >= 11 is 0. The first-order chi connectivity index (χ1) is 18.5. The third-order valence-electron chi connectivity index (χ3n) is 8.13. The van der Waals surface area contributed by atoms with Crippen LogP contribution >= 0.6 is 0 Å². The molecule has 1 heterocycles. The van der Waals surface area contributed by atoms with Crippen LogP contribution in [0.5, 0.6) is 5.75 Å². The number of carbonyl (C=O) groups is 1. The zero-order valence-electron chi connectivity index (χ0n) is 23.5. The highest BCUT2D eigenvalue weighted by Crippen LogP contribution is 2.27. The highest BCUT2D eigenvalue weighted by Gasteiger charge is 2.38. The number of phenols is 1. The van der Waals surface area contributed by atoms with Gasteiger partial charge in [0.05, 0.1) is 12.8 Å². The highest BCUT2D eigenvalue weighted by atomic mass is 19.1. The predicted octanol–water partition coefficient (Wildman–Crippen LogP) is 4.43. The number of hydrogen-bond acceptors (Lipinski definition) is 6. The molecule has 0 bridgehead atoms. The second kappa shape index (κ2) is 17.1. The van der Waals surface area contributed by atoms with Crippen molar-refractivity contribution >= 4 is 5.91 Å². The molecule has 2 fully saturated rings. The largest absolute Gasteiger partial charge is 0.508 e. The molecule has 216 valence electrons. The smallest absolute Gasteiger partial charge is 0.237 e. The monoisotopic (exact) mass is 535 g/mol. The molecule has 0 radical (unpaired) electrons. The molecule has 1 saturated carbocycles. The Morgan fingerprint density at radius 3 is 2.53 bits per heavy atom. The molecule has 1 aliphatic heterocycles. The van der Waals surface area contributed by atoms with E-state index in [0.29, 0.717) is 51.9 Å². The molecular formula is C30H50FN3O4. The lowest BCUT2D eigenvalue weighted by Gasteiger charge is -2.42. The van der Waals surface area contributed by atoms with Gasteiger partial charge in [-0.3, -0.25) is 9.69 Å². The zero-order valence-corrected chi connectivity index (χ0v) is 23.5. The summed E-state index contributed by atoms with van der Waals surface area (Å²) in [6.45, 7) is 5.97. The third-order valence-corrected chi connectivity index (χ3v) is 8.13. The van der Waals surface area contributed by atoms with Crippen molar-refractivity contribution in [1.29, 1.82) is 0 Å². The first kappa shape index (κ1) is 30.8. The summed E-state index contributed by atoms with van der Waals surface area (Å²) in [5.41, 5.74) is 1.17. The normalized spacial score (nSPS) is 22.3. The summed E-state index contributed by atoms with van der Waals surface area (Å²) in [5.74, 6) is 0.864. The van der Waals surface area contributed by atoms with Crippen molar-refractivity contribution < 1.29 is 23.8 Å². The lowest BCUT2D eigenvalue weighted by Crippen LogP contribution is -2.58. The van der Waals surface area contributed by atoms with Crippen LogP contribution in [0.2, 0.25) is 0 Å². The molecule has 38 heavy (non-hydrogen) atoms. The molecule has 2 unspecified atom stereocenters. The molecule has 7 nitrogen and oxygen atoms in total. The molecule has 3 N–H and O–H groups in total. The Morgan fingerprint density at radius 1 is 1.16 bits per heavy atom. The lowest BCUT2D eigenvalue weighted by molar-refractivity contribution is -0.137. The van der Waals surface area contributed by atoms with Crippen molar-refractivity contribution in [1.82, 2.24) is 15.5 Å². The number of aryl methyl sites for hydroxylation is 1. The van der Waals surface area contributed by atoms with Crippen molar-refractivity contribution in [3.05, 3.63) is 29.8 Å². The number of carbonyl (C=O) groups excluding carboxylic acids is 1. The van der Waals surface area contributed by atoms with E-state index in [1.165, 1.54) is 5.56 Å². The van der Waals surface area contributed by atoms with Crippen molar-refractivity contribution in [3.63, 3.8) is 0 Å². The fraction of sp³-hybridized carbons (Fsp3) is 0.767. The Hall–Kier alpha value is -1.74. The maximum absolute atomic E-state index is 13.9. The van der Waals surface area contributed by atoms with E-state index in [1.807, 2.05) is 19.2 Å². The molecule has 8 heteroatoms. The summed E-state index contributed by atoms with van der Waals surface area (Å²) in [6, 6.07) is 7.25. The number of alkyl halides is 1. The van der Waals surface area contributed by atoms with Gasteiger partial charge in [0.25, 0.3) is 0 Å². The van der Waals surface area contributed by atoms with Gasteiger partial charge in [0.1, 0.15) is 11.9 Å². The Bertz CT molecular complexity index is 776. The van der Waals surface area contributed by atoms with Crippen LogP contribution in [-0.2, 0) is 20.7 Å². The molecule has 2 atom stereocenters. The van der Waals surface area contributed by atoms with Crippen LogP contribution in [0.3, 0.4) is 0 Å². The van der Waals surface area contributed by atoms with E-state index in [-0.39, 0.29) is 29.7 Å². The second-order valence-corrected chi connectivity index (χ2v) is 11.1. The zero-order chi connectivity index (χ0) is 27.2. The van der Waals surface area contributed by atoms with E-state index in [2.05, 4.69) is 22.5 Å². The highest BCUT2D eigenvalue weighted by molar-refractivity contribution is 5.82. The van der Waals surface area contributed by atoms with Gasteiger partial charge in [-0.25, -0.2) is 4.39 Å². The van der Waals surface area contributed by atoms with Gasteiger partial charge in [-0.05, 0) is 101 Å². The van der Waals surface area contributed by atoms with E-state index in [1.54, 1.807) is 12.1 Å². The Labute approximate surface area is 228 Å². The molecule has 1 amide bonds. The maximum atomic E-state index is 13.9. The van der Waals surface area contributed by atoms with Gasteiger partial charge in [0.15, 0.2) is 0 Å². The minimum atomic E-state index is -0.686. The van der Waals surface area contributed by atoms with Crippen LogP contribution in [0, 0.1) is 11.8 Å². The number of amides is 1. The summed E-state index contributed by atoms with van der Waals surface area (Å²) in [6.07, 6.45) is 7.69. The first-order valence-electron chi connectivity index (χ1n) is 14.8. The SMILES string of the molecule is CCCC(CNC)C(C(=O)NCC1CCC(F)CC1)N(COCCCc1ccc(O)cc1)C1CCOCC1. The average Bonchev–Trinajstić information content (AvgIpc) is 2.93.